The zero-order chi connectivity index (χ0) is 15.9. The van der Waals surface area contributed by atoms with E-state index in [0.29, 0.717) is 27.3 Å². The van der Waals surface area contributed by atoms with E-state index in [1.807, 2.05) is 13.8 Å². The number of hydrogen-bond acceptors (Lipinski definition) is 3. The van der Waals surface area contributed by atoms with Crippen LogP contribution in [0.25, 0.3) is 22.3 Å². The van der Waals surface area contributed by atoms with Gasteiger partial charge < -0.3 is 4.42 Å². The predicted octanol–water partition coefficient (Wildman–Crippen LogP) is 4.60. The van der Waals surface area contributed by atoms with E-state index in [1.165, 1.54) is 6.07 Å². The van der Waals surface area contributed by atoms with E-state index in [1.54, 1.807) is 30.3 Å². The lowest BCUT2D eigenvalue weighted by Gasteiger charge is -2.08. The van der Waals surface area contributed by atoms with Crippen molar-refractivity contribution in [3.8, 4) is 17.4 Å². The second-order valence-electron chi connectivity index (χ2n) is 5.16. The molecule has 0 fully saturated rings. The molecule has 0 amide bonds. The van der Waals surface area contributed by atoms with Crippen molar-refractivity contribution < 1.29 is 4.42 Å². The molecule has 3 aromatic rings. The summed E-state index contributed by atoms with van der Waals surface area (Å²) < 4.78 is 5.86. The van der Waals surface area contributed by atoms with Gasteiger partial charge in [-0.05, 0) is 55.3 Å². The standard InChI is InChI=1S/C18H12ClNO2/c1-10-7-14-16(21)8-17(12-3-5-13(19)6-4-12)22-18(14)15(9-20)11(10)2/h3-8H,1-2H3. The number of aryl methyl sites for hydroxylation is 1. The van der Waals surface area contributed by atoms with Gasteiger partial charge in [-0.25, -0.2) is 0 Å². The summed E-state index contributed by atoms with van der Waals surface area (Å²) in [6.45, 7) is 3.73. The van der Waals surface area contributed by atoms with Gasteiger partial charge >= 0.3 is 0 Å². The maximum absolute atomic E-state index is 12.4. The SMILES string of the molecule is Cc1cc2c(=O)cc(-c3ccc(Cl)cc3)oc2c(C#N)c1C. The van der Waals surface area contributed by atoms with Gasteiger partial charge in [-0.1, -0.05) is 11.6 Å². The highest BCUT2D eigenvalue weighted by Gasteiger charge is 2.14. The Morgan fingerprint density at radius 3 is 2.45 bits per heavy atom. The molecule has 0 spiro atoms. The number of benzene rings is 2. The smallest absolute Gasteiger partial charge is 0.193 e. The second-order valence-corrected chi connectivity index (χ2v) is 5.60. The summed E-state index contributed by atoms with van der Waals surface area (Å²) in [7, 11) is 0. The fourth-order valence-corrected chi connectivity index (χ4v) is 2.53. The Bertz CT molecular complexity index is 979. The molecule has 0 unspecified atom stereocenters. The molecular weight excluding hydrogens is 298 g/mol. The van der Waals surface area contributed by atoms with E-state index in [2.05, 4.69) is 6.07 Å². The molecule has 0 N–H and O–H groups in total. The summed E-state index contributed by atoms with van der Waals surface area (Å²) in [5.41, 5.74) is 3.05. The Morgan fingerprint density at radius 1 is 1.14 bits per heavy atom. The summed E-state index contributed by atoms with van der Waals surface area (Å²) >= 11 is 5.88. The summed E-state index contributed by atoms with van der Waals surface area (Å²) in [6, 6.07) is 12.4. The van der Waals surface area contributed by atoms with Crippen molar-refractivity contribution in [3.63, 3.8) is 0 Å². The predicted molar refractivity (Wildman–Crippen MR) is 87.1 cm³/mol. The molecular formula is C18H12ClNO2. The van der Waals surface area contributed by atoms with E-state index >= 15 is 0 Å². The average molecular weight is 310 g/mol. The quantitative estimate of drug-likeness (QED) is 0.660. The third-order valence-corrected chi connectivity index (χ3v) is 4.03. The first-order chi connectivity index (χ1) is 10.5. The lowest BCUT2D eigenvalue weighted by molar-refractivity contribution is 0.617. The molecule has 0 aliphatic rings. The van der Waals surface area contributed by atoms with Gasteiger partial charge in [-0.15, -0.1) is 0 Å². The Labute approximate surface area is 132 Å². The molecule has 2 aromatic carbocycles. The van der Waals surface area contributed by atoms with Crippen molar-refractivity contribution >= 4 is 22.6 Å². The summed E-state index contributed by atoms with van der Waals surface area (Å²) in [6.07, 6.45) is 0. The van der Waals surface area contributed by atoms with Crippen molar-refractivity contribution in [3.05, 3.63) is 68.3 Å². The maximum atomic E-state index is 12.4. The van der Waals surface area contributed by atoms with Gasteiger partial charge in [0.2, 0.25) is 0 Å². The minimum absolute atomic E-state index is 0.161. The molecule has 0 atom stereocenters. The summed E-state index contributed by atoms with van der Waals surface area (Å²) in [4.78, 5) is 12.4. The van der Waals surface area contributed by atoms with Gasteiger partial charge in [-0.2, -0.15) is 5.26 Å². The van der Waals surface area contributed by atoms with Crippen molar-refractivity contribution in [2.45, 2.75) is 13.8 Å². The van der Waals surface area contributed by atoms with Gasteiger partial charge in [0.15, 0.2) is 11.0 Å². The van der Waals surface area contributed by atoms with Crippen molar-refractivity contribution in [2.24, 2.45) is 0 Å². The van der Waals surface area contributed by atoms with Gasteiger partial charge in [0, 0.05) is 16.7 Å². The molecule has 0 radical (unpaired) electrons. The number of nitrogens with zero attached hydrogens (tertiary/aromatic N) is 1. The first-order valence-electron chi connectivity index (χ1n) is 6.75. The van der Waals surface area contributed by atoms with E-state index in [0.717, 1.165) is 16.7 Å². The zero-order valence-corrected chi connectivity index (χ0v) is 12.9. The van der Waals surface area contributed by atoms with Gasteiger partial charge in [0.05, 0.1) is 10.9 Å². The van der Waals surface area contributed by atoms with Crippen LogP contribution in [0.1, 0.15) is 16.7 Å². The van der Waals surface area contributed by atoms with E-state index in [4.69, 9.17) is 16.0 Å². The topological polar surface area (TPSA) is 54.0 Å². The monoisotopic (exact) mass is 309 g/mol. The molecule has 0 bridgehead atoms. The molecule has 4 heteroatoms. The molecule has 0 saturated heterocycles. The lowest BCUT2D eigenvalue weighted by Crippen LogP contribution is -2.03. The van der Waals surface area contributed by atoms with Crippen molar-refractivity contribution in [1.29, 1.82) is 5.26 Å². The second kappa shape index (κ2) is 5.32. The fourth-order valence-electron chi connectivity index (χ4n) is 2.41. The van der Waals surface area contributed by atoms with E-state index in [-0.39, 0.29) is 5.43 Å². The molecule has 0 aliphatic heterocycles. The number of nitriles is 1. The molecule has 3 nitrogen and oxygen atoms in total. The maximum Gasteiger partial charge on any atom is 0.193 e. The lowest BCUT2D eigenvalue weighted by atomic mass is 10.00. The summed E-state index contributed by atoms with van der Waals surface area (Å²) in [5.74, 6) is 0.425. The fraction of sp³-hybridized carbons (Fsp3) is 0.111. The van der Waals surface area contributed by atoms with Crippen LogP contribution in [0.15, 0.2) is 45.6 Å². The van der Waals surface area contributed by atoms with Crippen LogP contribution >= 0.6 is 11.6 Å². The first-order valence-corrected chi connectivity index (χ1v) is 7.13. The van der Waals surface area contributed by atoms with Crippen LogP contribution in [0.5, 0.6) is 0 Å². The van der Waals surface area contributed by atoms with Crippen LogP contribution in [0.4, 0.5) is 0 Å². The van der Waals surface area contributed by atoms with Crippen LogP contribution in [-0.4, -0.2) is 0 Å². The Hall–Kier alpha value is -2.57. The van der Waals surface area contributed by atoms with Crippen LogP contribution in [0.2, 0.25) is 5.02 Å². The van der Waals surface area contributed by atoms with Crippen LogP contribution in [0.3, 0.4) is 0 Å². The van der Waals surface area contributed by atoms with Gasteiger partial charge in [0.1, 0.15) is 11.8 Å². The van der Waals surface area contributed by atoms with Crippen LogP contribution in [0, 0.1) is 25.2 Å². The Kier molecular flexibility index (Phi) is 3.48. The molecule has 108 valence electrons. The third-order valence-electron chi connectivity index (χ3n) is 3.78. The third kappa shape index (κ3) is 2.28. The normalized spacial score (nSPS) is 10.6. The molecule has 1 heterocycles. The highest BCUT2D eigenvalue weighted by molar-refractivity contribution is 6.30. The Balaban J connectivity index is 2.37. The van der Waals surface area contributed by atoms with Gasteiger partial charge in [0.25, 0.3) is 0 Å². The molecule has 0 saturated carbocycles. The van der Waals surface area contributed by atoms with Crippen molar-refractivity contribution in [2.75, 3.05) is 0 Å². The van der Waals surface area contributed by atoms with E-state index < -0.39 is 0 Å². The average Bonchev–Trinajstić information content (AvgIpc) is 2.50. The Morgan fingerprint density at radius 2 is 1.82 bits per heavy atom. The molecule has 0 aliphatic carbocycles. The van der Waals surface area contributed by atoms with Crippen LogP contribution in [-0.2, 0) is 0 Å². The minimum atomic E-state index is -0.161. The van der Waals surface area contributed by atoms with Crippen molar-refractivity contribution in [1.82, 2.24) is 0 Å². The number of hydrogen-bond donors (Lipinski definition) is 0. The van der Waals surface area contributed by atoms with E-state index in [9.17, 15) is 10.1 Å². The largest absolute Gasteiger partial charge is 0.454 e. The number of halogens is 1. The highest BCUT2D eigenvalue weighted by atomic mass is 35.5. The zero-order valence-electron chi connectivity index (χ0n) is 12.1. The molecule has 3 rings (SSSR count). The first kappa shape index (κ1) is 14.4. The minimum Gasteiger partial charge on any atom is -0.454 e. The summed E-state index contributed by atoms with van der Waals surface area (Å²) in [5, 5.41) is 10.4. The van der Waals surface area contributed by atoms with Gasteiger partial charge in [-0.3, -0.25) is 4.79 Å². The van der Waals surface area contributed by atoms with Crippen LogP contribution < -0.4 is 5.43 Å². The number of fused-ring (bicyclic) bond motifs is 1. The molecule has 1 aromatic heterocycles. The number of rotatable bonds is 1. The highest BCUT2D eigenvalue weighted by Crippen LogP contribution is 2.28. The molecule has 22 heavy (non-hydrogen) atoms.